The zero-order valence-electron chi connectivity index (χ0n) is 15.5. The lowest BCUT2D eigenvalue weighted by Crippen LogP contribution is -2.28. The zero-order valence-corrected chi connectivity index (χ0v) is 16.2. The van der Waals surface area contributed by atoms with Crippen molar-refractivity contribution in [3.05, 3.63) is 40.9 Å². The third-order valence-corrected chi connectivity index (χ3v) is 5.31. The molecule has 2 aliphatic rings. The van der Waals surface area contributed by atoms with Gasteiger partial charge in [0, 0.05) is 35.8 Å². The topological polar surface area (TPSA) is 77.1 Å². The van der Waals surface area contributed by atoms with Crippen LogP contribution in [0, 0.1) is 12.8 Å². The van der Waals surface area contributed by atoms with Gasteiger partial charge in [0.05, 0.1) is 18.7 Å². The molecule has 28 heavy (non-hydrogen) atoms. The van der Waals surface area contributed by atoms with Crippen LogP contribution in [-0.4, -0.2) is 32.3 Å². The van der Waals surface area contributed by atoms with Gasteiger partial charge < -0.3 is 24.4 Å². The predicted octanol–water partition coefficient (Wildman–Crippen LogP) is 3.38. The first kappa shape index (κ1) is 18.4. The molecule has 8 heteroatoms. The Morgan fingerprint density at radius 1 is 1.25 bits per heavy atom. The Morgan fingerprint density at radius 2 is 2.04 bits per heavy atom. The maximum absolute atomic E-state index is 12.8. The standard InChI is InChI=1S/C20H19ClN2O5/c1-11-5-15(17(26-2)8-14(11)21)22-20(25)12-6-19(24)23(9-12)13-3-4-16-18(7-13)28-10-27-16/h3-5,7-8,12H,6,9-10H2,1-2H3,(H,22,25). The van der Waals surface area contributed by atoms with Crippen LogP contribution in [0.25, 0.3) is 0 Å². The molecule has 1 N–H and O–H groups in total. The summed E-state index contributed by atoms with van der Waals surface area (Å²) in [6.45, 7) is 2.30. The summed E-state index contributed by atoms with van der Waals surface area (Å²) in [5.41, 5.74) is 2.04. The highest BCUT2D eigenvalue weighted by atomic mass is 35.5. The van der Waals surface area contributed by atoms with E-state index in [-0.39, 0.29) is 25.0 Å². The number of aryl methyl sites for hydroxylation is 1. The number of carbonyl (C=O) groups is 2. The second kappa shape index (κ2) is 7.24. The van der Waals surface area contributed by atoms with Crippen LogP contribution in [0.4, 0.5) is 11.4 Å². The number of benzene rings is 2. The van der Waals surface area contributed by atoms with Crippen molar-refractivity contribution in [2.75, 3.05) is 30.7 Å². The summed E-state index contributed by atoms with van der Waals surface area (Å²) in [5.74, 6) is 0.892. The summed E-state index contributed by atoms with van der Waals surface area (Å²) in [6.07, 6.45) is 0.134. The smallest absolute Gasteiger partial charge is 0.231 e. The number of rotatable bonds is 4. The van der Waals surface area contributed by atoms with Crippen molar-refractivity contribution >= 4 is 34.8 Å². The van der Waals surface area contributed by atoms with Gasteiger partial charge in [-0.1, -0.05) is 11.6 Å². The van der Waals surface area contributed by atoms with Crippen molar-refractivity contribution in [2.45, 2.75) is 13.3 Å². The maximum atomic E-state index is 12.8. The van der Waals surface area contributed by atoms with E-state index in [0.29, 0.717) is 40.2 Å². The van der Waals surface area contributed by atoms with Crippen molar-refractivity contribution in [3.8, 4) is 17.2 Å². The van der Waals surface area contributed by atoms with Gasteiger partial charge in [0.1, 0.15) is 5.75 Å². The summed E-state index contributed by atoms with van der Waals surface area (Å²) >= 11 is 6.11. The minimum atomic E-state index is -0.474. The molecular formula is C20H19ClN2O5. The van der Waals surface area contributed by atoms with Crippen LogP contribution in [0.5, 0.6) is 17.2 Å². The number of carbonyl (C=O) groups excluding carboxylic acids is 2. The monoisotopic (exact) mass is 402 g/mol. The van der Waals surface area contributed by atoms with Crippen LogP contribution < -0.4 is 24.4 Å². The van der Waals surface area contributed by atoms with E-state index in [0.717, 1.165) is 5.56 Å². The Bertz CT molecular complexity index is 962. The van der Waals surface area contributed by atoms with Gasteiger partial charge >= 0.3 is 0 Å². The summed E-state index contributed by atoms with van der Waals surface area (Å²) in [4.78, 5) is 26.9. The normalized spacial score (nSPS) is 17.8. The number of fused-ring (bicyclic) bond motifs is 1. The molecule has 0 saturated carbocycles. The fraction of sp³-hybridized carbons (Fsp3) is 0.300. The second-order valence-electron chi connectivity index (χ2n) is 6.73. The third-order valence-electron chi connectivity index (χ3n) is 4.90. The van der Waals surface area contributed by atoms with E-state index in [2.05, 4.69) is 5.32 Å². The van der Waals surface area contributed by atoms with E-state index in [1.54, 1.807) is 35.2 Å². The van der Waals surface area contributed by atoms with Gasteiger partial charge in [-0.15, -0.1) is 0 Å². The number of amides is 2. The average molecular weight is 403 g/mol. The molecule has 0 aliphatic carbocycles. The van der Waals surface area contributed by atoms with E-state index in [9.17, 15) is 9.59 Å². The highest BCUT2D eigenvalue weighted by Crippen LogP contribution is 2.37. The minimum absolute atomic E-state index is 0.113. The number of anilines is 2. The molecule has 2 aromatic rings. The first-order valence-corrected chi connectivity index (χ1v) is 9.19. The largest absolute Gasteiger partial charge is 0.495 e. The fourth-order valence-corrected chi connectivity index (χ4v) is 3.50. The van der Waals surface area contributed by atoms with Crippen LogP contribution in [0.3, 0.4) is 0 Å². The molecule has 1 atom stereocenters. The number of hydrogen-bond acceptors (Lipinski definition) is 5. The molecular weight excluding hydrogens is 384 g/mol. The molecule has 2 aliphatic heterocycles. The molecule has 0 aromatic heterocycles. The van der Waals surface area contributed by atoms with Gasteiger partial charge in [-0.2, -0.15) is 0 Å². The van der Waals surface area contributed by atoms with Crippen LogP contribution in [-0.2, 0) is 9.59 Å². The first-order valence-electron chi connectivity index (χ1n) is 8.81. The molecule has 146 valence electrons. The molecule has 2 aromatic carbocycles. The van der Waals surface area contributed by atoms with Gasteiger partial charge in [-0.25, -0.2) is 0 Å². The summed E-state index contributed by atoms with van der Waals surface area (Å²) in [7, 11) is 1.51. The molecule has 4 rings (SSSR count). The van der Waals surface area contributed by atoms with Crippen molar-refractivity contribution in [3.63, 3.8) is 0 Å². The maximum Gasteiger partial charge on any atom is 0.231 e. The van der Waals surface area contributed by atoms with E-state index in [1.165, 1.54) is 7.11 Å². The van der Waals surface area contributed by atoms with E-state index < -0.39 is 5.92 Å². The zero-order chi connectivity index (χ0) is 19.8. The number of halogens is 1. The molecule has 1 fully saturated rings. The number of methoxy groups -OCH3 is 1. The summed E-state index contributed by atoms with van der Waals surface area (Å²) in [6, 6.07) is 8.72. The third kappa shape index (κ3) is 3.33. The predicted molar refractivity (Wildman–Crippen MR) is 104 cm³/mol. The Balaban J connectivity index is 1.50. The second-order valence-corrected chi connectivity index (χ2v) is 7.14. The van der Waals surface area contributed by atoms with Crippen molar-refractivity contribution < 1.29 is 23.8 Å². The Morgan fingerprint density at radius 3 is 2.82 bits per heavy atom. The van der Waals surface area contributed by atoms with Crippen LogP contribution in [0.1, 0.15) is 12.0 Å². The van der Waals surface area contributed by atoms with Gasteiger partial charge in [0.25, 0.3) is 0 Å². The Labute approximate surface area is 167 Å². The Hall–Kier alpha value is -2.93. The highest BCUT2D eigenvalue weighted by molar-refractivity contribution is 6.31. The first-order chi connectivity index (χ1) is 13.5. The number of nitrogens with one attached hydrogen (secondary N) is 1. The van der Waals surface area contributed by atoms with Crippen molar-refractivity contribution in [2.24, 2.45) is 5.92 Å². The molecule has 1 saturated heterocycles. The van der Waals surface area contributed by atoms with Crippen LogP contribution in [0.15, 0.2) is 30.3 Å². The van der Waals surface area contributed by atoms with E-state index in [1.807, 2.05) is 6.92 Å². The Kier molecular flexibility index (Phi) is 4.77. The lowest BCUT2D eigenvalue weighted by atomic mass is 10.1. The highest BCUT2D eigenvalue weighted by Gasteiger charge is 2.36. The van der Waals surface area contributed by atoms with Gasteiger partial charge in [0.2, 0.25) is 18.6 Å². The number of nitrogens with zero attached hydrogens (tertiary/aromatic N) is 1. The summed E-state index contributed by atoms with van der Waals surface area (Å²) < 4.78 is 16.0. The molecule has 2 heterocycles. The lowest BCUT2D eigenvalue weighted by molar-refractivity contribution is -0.122. The quantitative estimate of drug-likeness (QED) is 0.848. The van der Waals surface area contributed by atoms with Gasteiger partial charge in [0.15, 0.2) is 11.5 Å². The van der Waals surface area contributed by atoms with Crippen molar-refractivity contribution in [1.82, 2.24) is 0 Å². The molecule has 7 nitrogen and oxygen atoms in total. The van der Waals surface area contributed by atoms with Gasteiger partial charge in [-0.05, 0) is 30.7 Å². The van der Waals surface area contributed by atoms with E-state index >= 15 is 0 Å². The summed E-state index contributed by atoms with van der Waals surface area (Å²) in [5, 5.41) is 3.41. The van der Waals surface area contributed by atoms with Crippen LogP contribution >= 0.6 is 11.6 Å². The molecule has 0 radical (unpaired) electrons. The van der Waals surface area contributed by atoms with Gasteiger partial charge in [-0.3, -0.25) is 9.59 Å². The fourth-order valence-electron chi connectivity index (χ4n) is 3.35. The molecule has 0 spiro atoms. The van der Waals surface area contributed by atoms with E-state index in [4.69, 9.17) is 25.8 Å². The number of hydrogen-bond donors (Lipinski definition) is 1. The molecule has 2 amide bonds. The van der Waals surface area contributed by atoms with Crippen molar-refractivity contribution in [1.29, 1.82) is 0 Å². The average Bonchev–Trinajstić information content (AvgIpc) is 3.30. The van der Waals surface area contributed by atoms with Crippen LogP contribution in [0.2, 0.25) is 5.02 Å². The SMILES string of the molecule is COc1cc(Cl)c(C)cc1NC(=O)C1CC(=O)N(c2ccc3c(c2)OCO3)C1. The molecule has 0 bridgehead atoms. The lowest BCUT2D eigenvalue weighted by Gasteiger charge is -2.18. The minimum Gasteiger partial charge on any atom is -0.495 e. The number of ether oxygens (including phenoxy) is 3. The molecule has 1 unspecified atom stereocenters.